The zero-order chi connectivity index (χ0) is 19.0. The van der Waals surface area contributed by atoms with Crippen molar-refractivity contribution in [2.45, 2.75) is 0 Å². The number of benzene rings is 1. The van der Waals surface area contributed by atoms with Gasteiger partial charge in [-0.25, -0.2) is 4.79 Å². The molecule has 0 saturated carbocycles. The molecule has 0 bridgehead atoms. The van der Waals surface area contributed by atoms with Crippen LogP contribution >= 0.6 is 0 Å². The molecule has 0 atom stereocenters. The maximum absolute atomic E-state index is 12.2. The number of methoxy groups -OCH3 is 3. The molecule has 138 valence electrons. The fourth-order valence-corrected chi connectivity index (χ4v) is 1.96. The minimum Gasteiger partial charge on any atom is -0.493 e. The largest absolute Gasteiger partial charge is 0.493 e. The first-order valence-electron chi connectivity index (χ1n) is 7.30. The van der Waals surface area contributed by atoms with Gasteiger partial charge in [0.15, 0.2) is 18.1 Å². The second-order valence-corrected chi connectivity index (χ2v) is 4.88. The second-order valence-electron chi connectivity index (χ2n) is 4.88. The van der Waals surface area contributed by atoms with Crippen LogP contribution < -0.4 is 19.5 Å². The first-order chi connectivity index (χ1) is 11.9. The van der Waals surface area contributed by atoms with Gasteiger partial charge in [-0.2, -0.15) is 0 Å². The van der Waals surface area contributed by atoms with E-state index in [0.29, 0.717) is 5.75 Å². The molecule has 0 spiro atoms. The number of likely N-dealkylation sites (N-methyl/N-ethyl adjacent to an activating group) is 2. The summed E-state index contributed by atoms with van der Waals surface area (Å²) in [5, 5.41) is 2.40. The fourth-order valence-electron chi connectivity index (χ4n) is 1.96. The van der Waals surface area contributed by atoms with Crippen LogP contribution in [0.4, 0.5) is 0 Å². The van der Waals surface area contributed by atoms with E-state index in [4.69, 9.17) is 18.9 Å². The maximum Gasteiger partial charge on any atom is 0.342 e. The van der Waals surface area contributed by atoms with E-state index in [9.17, 15) is 14.4 Å². The van der Waals surface area contributed by atoms with Crippen molar-refractivity contribution in [3.05, 3.63) is 17.7 Å². The van der Waals surface area contributed by atoms with E-state index in [2.05, 4.69) is 5.32 Å². The van der Waals surface area contributed by atoms with Crippen molar-refractivity contribution in [2.24, 2.45) is 0 Å². The number of hydrogen-bond donors (Lipinski definition) is 1. The number of carbonyl (C=O) groups is 3. The molecule has 1 rings (SSSR count). The van der Waals surface area contributed by atoms with Gasteiger partial charge in [0.2, 0.25) is 11.7 Å². The normalized spacial score (nSPS) is 9.80. The zero-order valence-corrected chi connectivity index (χ0v) is 14.9. The van der Waals surface area contributed by atoms with Gasteiger partial charge in [0.25, 0.3) is 5.91 Å². The molecule has 25 heavy (non-hydrogen) atoms. The Bertz CT molecular complexity index is 646. The Hall–Kier alpha value is -2.97. The van der Waals surface area contributed by atoms with Gasteiger partial charge in [0.05, 0.1) is 27.9 Å². The van der Waals surface area contributed by atoms with Crippen LogP contribution in [-0.4, -0.2) is 71.3 Å². The molecule has 0 aliphatic carbocycles. The van der Waals surface area contributed by atoms with Gasteiger partial charge in [-0.05, 0) is 12.1 Å². The number of amides is 2. The molecule has 0 saturated heterocycles. The van der Waals surface area contributed by atoms with Gasteiger partial charge in [-0.15, -0.1) is 0 Å². The van der Waals surface area contributed by atoms with Crippen LogP contribution in [0.15, 0.2) is 12.1 Å². The van der Waals surface area contributed by atoms with Crippen LogP contribution in [0.5, 0.6) is 17.2 Å². The molecule has 2 amide bonds. The number of esters is 1. The summed E-state index contributed by atoms with van der Waals surface area (Å²) in [6.07, 6.45) is 0. The van der Waals surface area contributed by atoms with Crippen LogP contribution in [0.25, 0.3) is 0 Å². The van der Waals surface area contributed by atoms with E-state index in [1.807, 2.05) is 0 Å². The number of ether oxygens (including phenoxy) is 4. The lowest BCUT2D eigenvalue weighted by Crippen LogP contribution is -2.39. The monoisotopic (exact) mass is 354 g/mol. The Morgan fingerprint density at radius 1 is 1.04 bits per heavy atom. The van der Waals surface area contributed by atoms with Gasteiger partial charge in [-0.3, -0.25) is 9.59 Å². The average molecular weight is 354 g/mol. The molecule has 9 heteroatoms. The molecule has 0 radical (unpaired) electrons. The molecular weight excluding hydrogens is 332 g/mol. The third kappa shape index (κ3) is 5.00. The Morgan fingerprint density at radius 3 is 2.20 bits per heavy atom. The molecule has 1 N–H and O–H groups in total. The second kappa shape index (κ2) is 9.36. The fraction of sp³-hybridized carbons (Fsp3) is 0.438. The third-order valence-corrected chi connectivity index (χ3v) is 3.34. The van der Waals surface area contributed by atoms with Crippen molar-refractivity contribution in [3.8, 4) is 17.2 Å². The van der Waals surface area contributed by atoms with Crippen molar-refractivity contribution < 1.29 is 33.3 Å². The maximum atomic E-state index is 12.2. The lowest BCUT2D eigenvalue weighted by Gasteiger charge is -2.17. The number of carbonyl (C=O) groups excluding carboxylic acids is 3. The predicted octanol–water partition coefficient (Wildman–Crippen LogP) is 0.0736. The highest BCUT2D eigenvalue weighted by molar-refractivity contribution is 5.95. The Kier molecular flexibility index (Phi) is 7.51. The first-order valence-corrected chi connectivity index (χ1v) is 7.30. The van der Waals surface area contributed by atoms with E-state index in [-0.39, 0.29) is 29.5 Å². The number of hydrogen-bond acceptors (Lipinski definition) is 7. The van der Waals surface area contributed by atoms with Crippen molar-refractivity contribution in [3.63, 3.8) is 0 Å². The smallest absolute Gasteiger partial charge is 0.342 e. The van der Waals surface area contributed by atoms with Crippen molar-refractivity contribution in [1.29, 1.82) is 0 Å². The molecule has 0 aliphatic rings. The van der Waals surface area contributed by atoms with E-state index in [0.717, 1.165) is 4.90 Å². The van der Waals surface area contributed by atoms with Gasteiger partial charge < -0.3 is 29.2 Å². The van der Waals surface area contributed by atoms with Crippen molar-refractivity contribution >= 4 is 17.8 Å². The van der Waals surface area contributed by atoms with E-state index in [1.165, 1.54) is 47.6 Å². The molecule has 0 aromatic heterocycles. The summed E-state index contributed by atoms with van der Waals surface area (Å²) >= 11 is 0. The molecule has 0 unspecified atom stereocenters. The SMILES string of the molecule is CNC(=O)CN(C)C(=O)COC(=O)c1ccc(OC)c(OC)c1OC. The van der Waals surface area contributed by atoms with Crippen LogP contribution in [0.3, 0.4) is 0 Å². The lowest BCUT2D eigenvalue weighted by molar-refractivity contribution is -0.137. The molecule has 9 nitrogen and oxygen atoms in total. The highest BCUT2D eigenvalue weighted by atomic mass is 16.5. The number of nitrogens with zero attached hydrogens (tertiary/aromatic N) is 1. The first kappa shape index (κ1) is 20.1. The Labute approximate surface area is 145 Å². The molecular formula is C16H22N2O7. The molecule has 1 aromatic carbocycles. The average Bonchev–Trinajstić information content (AvgIpc) is 2.63. The summed E-state index contributed by atoms with van der Waals surface area (Å²) in [6, 6.07) is 2.97. The summed E-state index contributed by atoms with van der Waals surface area (Å²) in [4.78, 5) is 36.5. The Balaban J connectivity index is 2.84. The van der Waals surface area contributed by atoms with Crippen LogP contribution in [0.1, 0.15) is 10.4 Å². The highest BCUT2D eigenvalue weighted by Gasteiger charge is 2.23. The van der Waals surface area contributed by atoms with E-state index in [1.54, 1.807) is 0 Å². The summed E-state index contributed by atoms with van der Waals surface area (Å²) in [5.41, 5.74) is 0.0851. The molecule has 0 aliphatic heterocycles. The number of nitrogens with one attached hydrogen (secondary N) is 1. The van der Waals surface area contributed by atoms with Crippen LogP contribution in [-0.2, 0) is 14.3 Å². The Morgan fingerprint density at radius 2 is 1.68 bits per heavy atom. The number of rotatable bonds is 8. The minimum absolute atomic E-state index is 0.0851. The lowest BCUT2D eigenvalue weighted by atomic mass is 10.1. The van der Waals surface area contributed by atoms with E-state index < -0.39 is 18.5 Å². The van der Waals surface area contributed by atoms with Crippen molar-refractivity contribution in [2.75, 3.05) is 48.6 Å². The predicted molar refractivity (Wildman–Crippen MR) is 88.1 cm³/mol. The van der Waals surface area contributed by atoms with Gasteiger partial charge >= 0.3 is 5.97 Å². The van der Waals surface area contributed by atoms with Gasteiger partial charge in [-0.1, -0.05) is 0 Å². The van der Waals surface area contributed by atoms with Crippen LogP contribution in [0, 0.1) is 0 Å². The molecule has 0 heterocycles. The van der Waals surface area contributed by atoms with Crippen LogP contribution in [0.2, 0.25) is 0 Å². The summed E-state index contributed by atoms with van der Waals surface area (Å²) < 4.78 is 20.5. The topological polar surface area (TPSA) is 103 Å². The minimum atomic E-state index is -0.764. The van der Waals surface area contributed by atoms with Gasteiger partial charge in [0.1, 0.15) is 5.56 Å². The van der Waals surface area contributed by atoms with E-state index >= 15 is 0 Å². The zero-order valence-electron chi connectivity index (χ0n) is 14.9. The van der Waals surface area contributed by atoms with Gasteiger partial charge in [0, 0.05) is 14.1 Å². The quantitative estimate of drug-likeness (QED) is 0.659. The summed E-state index contributed by atoms with van der Waals surface area (Å²) in [7, 11) is 7.13. The standard InChI is InChI=1S/C16H22N2O7/c1-17-12(19)8-18(2)13(20)9-25-16(21)10-6-7-11(22-3)15(24-5)14(10)23-4/h6-7H,8-9H2,1-5H3,(H,17,19). The molecule has 0 fully saturated rings. The highest BCUT2D eigenvalue weighted by Crippen LogP contribution is 2.39. The van der Waals surface area contributed by atoms with Crippen molar-refractivity contribution in [1.82, 2.24) is 10.2 Å². The molecule has 1 aromatic rings. The summed E-state index contributed by atoms with van der Waals surface area (Å²) in [6.45, 7) is -0.642. The third-order valence-electron chi connectivity index (χ3n) is 3.34. The summed E-state index contributed by atoms with van der Waals surface area (Å²) in [5.74, 6) is -0.850.